The molecule has 0 spiro atoms. The summed E-state index contributed by atoms with van der Waals surface area (Å²) in [6.07, 6.45) is -0.892. The van der Waals surface area contributed by atoms with Gasteiger partial charge in [-0.2, -0.15) is 0 Å². The van der Waals surface area contributed by atoms with Gasteiger partial charge >= 0.3 is 5.97 Å². The van der Waals surface area contributed by atoms with Crippen LogP contribution in [-0.4, -0.2) is 50.1 Å². The van der Waals surface area contributed by atoms with Crippen LogP contribution >= 0.6 is 0 Å². The molecule has 1 aliphatic heterocycles. The summed E-state index contributed by atoms with van der Waals surface area (Å²) >= 11 is 0. The van der Waals surface area contributed by atoms with Gasteiger partial charge in [0.25, 0.3) is 5.91 Å². The number of carbonyl (C=O) groups is 2. The van der Waals surface area contributed by atoms with Gasteiger partial charge in [-0.3, -0.25) is 9.59 Å². The summed E-state index contributed by atoms with van der Waals surface area (Å²) in [6.45, 7) is 3.93. The molecule has 0 radical (unpaired) electrons. The highest BCUT2D eigenvalue weighted by Crippen LogP contribution is 2.24. The molecule has 1 heterocycles. The number of amides is 1. The number of anilines is 1. The third-order valence-electron chi connectivity index (χ3n) is 4.64. The van der Waals surface area contributed by atoms with E-state index in [4.69, 9.17) is 9.47 Å². The SMILES string of the molecule is COc1ccc(N2CCN(C(=O)[C@H](OC(C)=O)c3ccccc3)CC2)cc1. The van der Waals surface area contributed by atoms with Crippen molar-refractivity contribution >= 4 is 17.6 Å². The fourth-order valence-corrected chi connectivity index (χ4v) is 3.20. The molecule has 142 valence electrons. The largest absolute Gasteiger partial charge is 0.497 e. The molecule has 2 aromatic rings. The van der Waals surface area contributed by atoms with Crippen molar-refractivity contribution in [2.24, 2.45) is 0 Å². The minimum atomic E-state index is -0.892. The Morgan fingerprint density at radius 1 is 0.926 bits per heavy atom. The van der Waals surface area contributed by atoms with Crippen LogP contribution in [0, 0.1) is 0 Å². The van der Waals surface area contributed by atoms with E-state index < -0.39 is 12.1 Å². The smallest absolute Gasteiger partial charge is 0.303 e. The Kier molecular flexibility index (Phi) is 5.96. The van der Waals surface area contributed by atoms with E-state index in [1.54, 1.807) is 24.1 Å². The fraction of sp³-hybridized carbons (Fsp3) is 0.333. The highest BCUT2D eigenvalue weighted by atomic mass is 16.5. The predicted octanol–water partition coefficient (Wildman–Crippen LogP) is 2.65. The van der Waals surface area contributed by atoms with Crippen molar-refractivity contribution in [1.29, 1.82) is 0 Å². The lowest BCUT2D eigenvalue weighted by molar-refractivity contribution is -0.159. The summed E-state index contributed by atoms with van der Waals surface area (Å²) in [7, 11) is 1.64. The van der Waals surface area contributed by atoms with Crippen LogP contribution in [0.3, 0.4) is 0 Å². The molecule has 3 rings (SSSR count). The van der Waals surface area contributed by atoms with E-state index in [0.717, 1.165) is 24.5 Å². The van der Waals surface area contributed by atoms with Crippen molar-refractivity contribution in [3.63, 3.8) is 0 Å². The maximum absolute atomic E-state index is 13.0. The Labute approximate surface area is 159 Å². The van der Waals surface area contributed by atoms with E-state index in [9.17, 15) is 9.59 Å². The zero-order valence-corrected chi connectivity index (χ0v) is 15.6. The minimum Gasteiger partial charge on any atom is -0.497 e. The molecule has 0 saturated carbocycles. The summed E-state index contributed by atoms with van der Waals surface area (Å²) < 4.78 is 10.5. The van der Waals surface area contributed by atoms with Gasteiger partial charge in [-0.15, -0.1) is 0 Å². The molecule has 2 aromatic carbocycles. The lowest BCUT2D eigenvalue weighted by atomic mass is 10.1. The first-order chi connectivity index (χ1) is 13.1. The first kappa shape index (κ1) is 18.8. The number of benzene rings is 2. The monoisotopic (exact) mass is 368 g/mol. The number of hydrogen-bond acceptors (Lipinski definition) is 5. The van der Waals surface area contributed by atoms with Gasteiger partial charge in [0.15, 0.2) is 0 Å². The van der Waals surface area contributed by atoms with Crippen molar-refractivity contribution in [2.45, 2.75) is 13.0 Å². The number of rotatable bonds is 5. The molecule has 1 saturated heterocycles. The van der Waals surface area contributed by atoms with Crippen molar-refractivity contribution in [1.82, 2.24) is 4.90 Å². The Morgan fingerprint density at radius 2 is 1.56 bits per heavy atom. The summed E-state index contributed by atoms with van der Waals surface area (Å²) in [5, 5.41) is 0. The quantitative estimate of drug-likeness (QED) is 0.760. The highest BCUT2D eigenvalue weighted by molar-refractivity contribution is 5.85. The van der Waals surface area contributed by atoms with Crippen LogP contribution in [-0.2, 0) is 14.3 Å². The minimum absolute atomic E-state index is 0.175. The van der Waals surface area contributed by atoms with E-state index in [1.165, 1.54) is 6.92 Å². The van der Waals surface area contributed by atoms with Gasteiger partial charge in [0.1, 0.15) is 5.75 Å². The van der Waals surface area contributed by atoms with Gasteiger partial charge in [0, 0.05) is 44.4 Å². The lowest BCUT2D eigenvalue weighted by Crippen LogP contribution is -2.50. The number of carbonyl (C=O) groups excluding carboxylic acids is 2. The van der Waals surface area contributed by atoms with E-state index in [0.29, 0.717) is 18.7 Å². The molecule has 0 aliphatic carbocycles. The van der Waals surface area contributed by atoms with Crippen molar-refractivity contribution in [2.75, 3.05) is 38.2 Å². The van der Waals surface area contributed by atoms with E-state index in [2.05, 4.69) is 4.90 Å². The molecule has 27 heavy (non-hydrogen) atoms. The van der Waals surface area contributed by atoms with Crippen molar-refractivity contribution in [3.05, 3.63) is 60.2 Å². The predicted molar refractivity (Wildman–Crippen MR) is 103 cm³/mol. The molecular weight excluding hydrogens is 344 g/mol. The number of piperazine rings is 1. The maximum Gasteiger partial charge on any atom is 0.303 e. The second-order valence-electron chi connectivity index (χ2n) is 6.41. The number of methoxy groups -OCH3 is 1. The summed E-state index contributed by atoms with van der Waals surface area (Å²) in [5.74, 6) is 0.180. The van der Waals surface area contributed by atoms with Crippen molar-refractivity contribution in [3.8, 4) is 5.75 Å². The van der Waals surface area contributed by atoms with E-state index in [-0.39, 0.29) is 5.91 Å². The van der Waals surface area contributed by atoms with Gasteiger partial charge < -0.3 is 19.3 Å². The average molecular weight is 368 g/mol. The Morgan fingerprint density at radius 3 is 2.11 bits per heavy atom. The fourth-order valence-electron chi connectivity index (χ4n) is 3.20. The van der Waals surface area contributed by atoms with Crippen molar-refractivity contribution < 1.29 is 19.1 Å². The Bertz CT molecular complexity index is 769. The molecule has 0 bridgehead atoms. The normalized spacial score (nSPS) is 15.2. The number of hydrogen-bond donors (Lipinski definition) is 0. The second-order valence-corrected chi connectivity index (χ2v) is 6.41. The topological polar surface area (TPSA) is 59.1 Å². The van der Waals surface area contributed by atoms with E-state index in [1.807, 2.05) is 42.5 Å². The molecule has 0 aromatic heterocycles. The third-order valence-corrected chi connectivity index (χ3v) is 4.64. The molecule has 6 heteroatoms. The van der Waals surface area contributed by atoms with Crippen LogP contribution in [0.2, 0.25) is 0 Å². The summed E-state index contributed by atoms with van der Waals surface area (Å²) in [6, 6.07) is 17.0. The van der Waals surface area contributed by atoms with Gasteiger partial charge in [0.2, 0.25) is 6.10 Å². The van der Waals surface area contributed by atoms with E-state index >= 15 is 0 Å². The summed E-state index contributed by atoms with van der Waals surface area (Å²) in [4.78, 5) is 28.5. The van der Waals surface area contributed by atoms with Crippen LogP contribution in [0.4, 0.5) is 5.69 Å². The zero-order chi connectivity index (χ0) is 19.2. The van der Waals surface area contributed by atoms with Gasteiger partial charge in [-0.1, -0.05) is 30.3 Å². The molecule has 1 aliphatic rings. The Hall–Kier alpha value is -3.02. The molecule has 1 atom stereocenters. The number of esters is 1. The molecule has 1 amide bonds. The Balaban J connectivity index is 1.66. The third kappa shape index (κ3) is 4.58. The molecule has 1 fully saturated rings. The van der Waals surface area contributed by atoms with Gasteiger partial charge in [-0.25, -0.2) is 0 Å². The lowest BCUT2D eigenvalue weighted by Gasteiger charge is -2.37. The standard InChI is InChI=1S/C21H24N2O4/c1-16(24)27-20(17-6-4-3-5-7-17)21(25)23-14-12-22(13-15-23)18-8-10-19(26-2)11-9-18/h3-11,20H,12-15H2,1-2H3/t20-/m1/s1. The molecule has 0 unspecified atom stereocenters. The summed E-state index contributed by atoms with van der Waals surface area (Å²) in [5.41, 5.74) is 1.79. The first-order valence-corrected chi connectivity index (χ1v) is 8.98. The zero-order valence-electron chi connectivity index (χ0n) is 15.6. The first-order valence-electron chi connectivity index (χ1n) is 8.98. The van der Waals surface area contributed by atoms with Crippen LogP contribution in [0.15, 0.2) is 54.6 Å². The van der Waals surface area contributed by atoms with Crippen LogP contribution < -0.4 is 9.64 Å². The van der Waals surface area contributed by atoms with Crippen LogP contribution in [0.25, 0.3) is 0 Å². The second kappa shape index (κ2) is 8.58. The average Bonchev–Trinajstić information content (AvgIpc) is 2.72. The molecule has 0 N–H and O–H groups in total. The maximum atomic E-state index is 13.0. The van der Waals surface area contributed by atoms with Crippen LogP contribution in [0.1, 0.15) is 18.6 Å². The molecular formula is C21H24N2O4. The number of nitrogens with zero attached hydrogens (tertiary/aromatic N) is 2. The van der Waals surface area contributed by atoms with Crippen LogP contribution in [0.5, 0.6) is 5.75 Å². The van der Waals surface area contributed by atoms with Gasteiger partial charge in [0.05, 0.1) is 7.11 Å². The highest BCUT2D eigenvalue weighted by Gasteiger charge is 2.30. The number of ether oxygens (including phenoxy) is 2. The van der Waals surface area contributed by atoms with Gasteiger partial charge in [-0.05, 0) is 24.3 Å². The molecule has 6 nitrogen and oxygen atoms in total.